The van der Waals surface area contributed by atoms with Gasteiger partial charge >= 0.3 is 12.0 Å². The third kappa shape index (κ3) is 3.83. The van der Waals surface area contributed by atoms with Crippen molar-refractivity contribution >= 4 is 34.0 Å². The summed E-state index contributed by atoms with van der Waals surface area (Å²) in [4.78, 5) is 28.8. The van der Waals surface area contributed by atoms with E-state index in [4.69, 9.17) is 9.47 Å². The number of para-hydroxylation sites is 2. The molecule has 1 aromatic heterocycles. The lowest BCUT2D eigenvalue weighted by atomic mass is 9.95. The molecule has 1 aromatic carbocycles. The highest BCUT2D eigenvalue weighted by atomic mass is 32.1. The number of anilines is 2. The summed E-state index contributed by atoms with van der Waals surface area (Å²) in [6.45, 7) is 4.62. The van der Waals surface area contributed by atoms with Crippen molar-refractivity contribution in [3.63, 3.8) is 0 Å². The molecule has 0 bridgehead atoms. The minimum Gasteiger partial charge on any atom is -0.486 e. The summed E-state index contributed by atoms with van der Waals surface area (Å²) < 4.78 is 11.3. The van der Waals surface area contributed by atoms with E-state index in [2.05, 4.69) is 5.32 Å². The minimum atomic E-state index is -0.351. The number of nitrogens with one attached hydrogen (secondary N) is 1. The van der Waals surface area contributed by atoms with Gasteiger partial charge in [0.2, 0.25) is 0 Å². The smallest absolute Gasteiger partial charge is 0.341 e. The molecule has 0 saturated carbocycles. The standard InChI is InChI=1S/C22H26N2O4S/c1-3-14-13-24(16-10-6-7-11-17(16)28-14)22(26)23-20-19(21(25)27-4-2)15-9-5-8-12-18(15)29-20/h6-7,10-11,14H,3-5,8-9,12-13H2,1-2H3,(H,23,26). The van der Waals surface area contributed by atoms with Crippen LogP contribution in [-0.4, -0.2) is 31.3 Å². The molecular formula is C22H26N2O4S. The minimum absolute atomic E-state index is 0.0586. The van der Waals surface area contributed by atoms with Crippen LogP contribution in [0.4, 0.5) is 15.5 Å². The van der Waals surface area contributed by atoms with E-state index in [1.165, 1.54) is 16.2 Å². The number of aryl methyl sites for hydroxylation is 1. The van der Waals surface area contributed by atoms with Crippen LogP contribution in [0.3, 0.4) is 0 Å². The summed E-state index contributed by atoms with van der Waals surface area (Å²) in [5, 5.41) is 3.61. The van der Waals surface area contributed by atoms with Crippen LogP contribution >= 0.6 is 11.3 Å². The number of fused-ring (bicyclic) bond motifs is 2. The van der Waals surface area contributed by atoms with E-state index in [1.54, 1.807) is 11.8 Å². The Labute approximate surface area is 174 Å². The lowest BCUT2D eigenvalue weighted by Gasteiger charge is -2.34. The first-order valence-electron chi connectivity index (χ1n) is 10.3. The molecule has 2 aromatic rings. The molecular weight excluding hydrogens is 388 g/mol. The molecule has 1 unspecified atom stereocenters. The van der Waals surface area contributed by atoms with Crippen LogP contribution in [-0.2, 0) is 17.6 Å². The summed E-state index contributed by atoms with van der Waals surface area (Å²) in [5.74, 6) is 0.354. The van der Waals surface area contributed by atoms with Crippen molar-refractivity contribution in [2.45, 2.75) is 52.1 Å². The highest BCUT2D eigenvalue weighted by Crippen LogP contribution is 2.40. The van der Waals surface area contributed by atoms with Crippen LogP contribution in [0.25, 0.3) is 0 Å². The van der Waals surface area contributed by atoms with E-state index in [-0.39, 0.29) is 18.1 Å². The Kier molecular flexibility index (Phi) is 5.76. The summed E-state index contributed by atoms with van der Waals surface area (Å²) in [5.41, 5.74) is 2.33. The van der Waals surface area contributed by atoms with Crippen molar-refractivity contribution in [2.24, 2.45) is 0 Å². The average molecular weight is 415 g/mol. The number of hydrogen-bond donors (Lipinski definition) is 1. The second-order valence-electron chi connectivity index (χ2n) is 7.29. The highest BCUT2D eigenvalue weighted by Gasteiger charge is 2.32. The zero-order valence-electron chi connectivity index (χ0n) is 16.8. The van der Waals surface area contributed by atoms with Gasteiger partial charge in [-0.25, -0.2) is 9.59 Å². The van der Waals surface area contributed by atoms with Crippen molar-refractivity contribution < 1.29 is 19.1 Å². The molecule has 29 heavy (non-hydrogen) atoms. The topological polar surface area (TPSA) is 67.9 Å². The number of esters is 1. The van der Waals surface area contributed by atoms with E-state index in [1.807, 2.05) is 31.2 Å². The van der Waals surface area contributed by atoms with Crippen molar-refractivity contribution in [3.05, 3.63) is 40.3 Å². The van der Waals surface area contributed by atoms with Gasteiger partial charge in [-0.3, -0.25) is 10.2 Å². The molecule has 0 spiro atoms. The molecule has 2 aliphatic rings. The largest absolute Gasteiger partial charge is 0.486 e. The third-order valence-electron chi connectivity index (χ3n) is 5.41. The van der Waals surface area contributed by atoms with Gasteiger partial charge in [0.15, 0.2) is 0 Å². The SMILES string of the molecule is CCOC(=O)c1c(NC(=O)N2CC(CC)Oc3ccccc32)sc2c1CCCC2. The van der Waals surface area contributed by atoms with E-state index in [9.17, 15) is 9.59 Å². The Bertz CT molecular complexity index is 924. The molecule has 0 fully saturated rings. The number of benzene rings is 1. The highest BCUT2D eigenvalue weighted by molar-refractivity contribution is 7.17. The maximum absolute atomic E-state index is 13.3. The molecule has 0 radical (unpaired) electrons. The van der Waals surface area contributed by atoms with E-state index < -0.39 is 0 Å². The Balaban J connectivity index is 1.65. The molecule has 4 rings (SSSR count). The van der Waals surface area contributed by atoms with Gasteiger partial charge in [0, 0.05) is 4.88 Å². The first-order valence-corrected chi connectivity index (χ1v) is 11.1. The summed E-state index contributed by atoms with van der Waals surface area (Å²) in [6.07, 6.45) is 4.71. The number of rotatable bonds is 4. The van der Waals surface area contributed by atoms with Gasteiger partial charge in [0.1, 0.15) is 16.9 Å². The molecule has 1 atom stereocenters. The van der Waals surface area contributed by atoms with Gasteiger partial charge in [0.05, 0.1) is 24.4 Å². The zero-order valence-corrected chi connectivity index (χ0v) is 17.6. The zero-order chi connectivity index (χ0) is 20.4. The number of carbonyl (C=O) groups excluding carboxylic acids is 2. The molecule has 154 valence electrons. The van der Waals surface area contributed by atoms with Crippen LogP contribution < -0.4 is 15.0 Å². The summed E-state index contributed by atoms with van der Waals surface area (Å²) in [7, 11) is 0. The molecule has 2 amide bonds. The van der Waals surface area contributed by atoms with Crippen LogP contribution in [0.1, 0.15) is 53.9 Å². The first kappa shape index (κ1) is 19.8. The van der Waals surface area contributed by atoms with E-state index >= 15 is 0 Å². The first-order chi connectivity index (χ1) is 14.1. The van der Waals surface area contributed by atoms with Gasteiger partial charge in [-0.2, -0.15) is 0 Å². The van der Waals surface area contributed by atoms with Gasteiger partial charge in [0.25, 0.3) is 0 Å². The van der Waals surface area contributed by atoms with E-state index in [0.717, 1.165) is 43.4 Å². The number of ether oxygens (including phenoxy) is 2. The van der Waals surface area contributed by atoms with Crippen molar-refractivity contribution in [1.29, 1.82) is 0 Å². The molecule has 7 heteroatoms. The Morgan fingerprint density at radius 3 is 2.83 bits per heavy atom. The molecule has 0 saturated heterocycles. The number of amides is 2. The van der Waals surface area contributed by atoms with Gasteiger partial charge in [-0.1, -0.05) is 19.1 Å². The van der Waals surface area contributed by atoms with Crippen molar-refractivity contribution in [2.75, 3.05) is 23.4 Å². The molecule has 2 heterocycles. The fraction of sp³-hybridized carbons (Fsp3) is 0.455. The quantitative estimate of drug-likeness (QED) is 0.714. The van der Waals surface area contributed by atoms with E-state index in [0.29, 0.717) is 29.5 Å². The van der Waals surface area contributed by atoms with Gasteiger partial charge in [-0.15, -0.1) is 11.3 Å². The predicted molar refractivity (Wildman–Crippen MR) is 114 cm³/mol. The fourth-order valence-corrected chi connectivity index (χ4v) is 5.21. The second-order valence-corrected chi connectivity index (χ2v) is 8.40. The van der Waals surface area contributed by atoms with Gasteiger partial charge in [-0.05, 0) is 56.7 Å². The van der Waals surface area contributed by atoms with Crippen LogP contribution in [0.15, 0.2) is 24.3 Å². The number of nitrogens with zero attached hydrogens (tertiary/aromatic N) is 1. The summed E-state index contributed by atoms with van der Waals surface area (Å²) in [6, 6.07) is 7.31. The average Bonchev–Trinajstić information content (AvgIpc) is 3.10. The third-order valence-corrected chi connectivity index (χ3v) is 6.61. The predicted octanol–water partition coefficient (Wildman–Crippen LogP) is 5.01. The molecule has 1 N–H and O–H groups in total. The van der Waals surface area contributed by atoms with Gasteiger partial charge < -0.3 is 9.47 Å². The number of carbonyl (C=O) groups is 2. The number of urea groups is 1. The van der Waals surface area contributed by atoms with Crippen LogP contribution in [0, 0.1) is 0 Å². The molecule has 1 aliphatic carbocycles. The Morgan fingerprint density at radius 2 is 2.03 bits per heavy atom. The summed E-state index contributed by atoms with van der Waals surface area (Å²) >= 11 is 1.51. The molecule has 1 aliphatic heterocycles. The Morgan fingerprint density at radius 1 is 1.24 bits per heavy atom. The maximum atomic E-state index is 13.3. The van der Waals surface area contributed by atoms with Crippen LogP contribution in [0.2, 0.25) is 0 Å². The normalized spacial score (nSPS) is 17.7. The van der Waals surface area contributed by atoms with Crippen molar-refractivity contribution in [1.82, 2.24) is 0 Å². The Hall–Kier alpha value is -2.54. The maximum Gasteiger partial charge on any atom is 0.341 e. The second kappa shape index (κ2) is 8.45. The lowest BCUT2D eigenvalue weighted by molar-refractivity contribution is 0.0526. The number of thiophene rings is 1. The van der Waals surface area contributed by atoms with Crippen molar-refractivity contribution in [3.8, 4) is 5.75 Å². The fourth-order valence-electron chi connectivity index (χ4n) is 3.94. The molecule has 6 nitrogen and oxygen atoms in total. The number of hydrogen-bond acceptors (Lipinski definition) is 5. The lowest BCUT2D eigenvalue weighted by Crippen LogP contribution is -2.45. The van der Waals surface area contributed by atoms with Crippen LogP contribution in [0.5, 0.6) is 5.75 Å². The monoisotopic (exact) mass is 414 g/mol.